The summed E-state index contributed by atoms with van der Waals surface area (Å²) in [4.78, 5) is 14.1. The quantitative estimate of drug-likeness (QED) is 0.787. The first-order valence-electron chi connectivity index (χ1n) is 5.83. The predicted molar refractivity (Wildman–Crippen MR) is 66.2 cm³/mol. The van der Waals surface area contributed by atoms with Crippen LogP contribution in [0.5, 0.6) is 0 Å². The third-order valence-corrected chi connectivity index (χ3v) is 3.70. The summed E-state index contributed by atoms with van der Waals surface area (Å²) < 4.78 is 0. The largest absolute Gasteiger partial charge is 0.342 e. The van der Waals surface area contributed by atoms with Crippen LogP contribution in [0.3, 0.4) is 0 Å². The fourth-order valence-corrected chi connectivity index (χ4v) is 2.61. The molecule has 0 aliphatic carbocycles. The highest BCUT2D eigenvalue weighted by Gasteiger charge is 2.20. The number of amides is 1. The molecule has 1 fully saturated rings. The second-order valence-corrected chi connectivity index (χ2v) is 5.22. The van der Waals surface area contributed by atoms with Gasteiger partial charge in [-0.2, -0.15) is 11.8 Å². The summed E-state index contributed by atoms with van der Waals surface area (Å²) in [5.74, 6) is 2.73. The van der Waals surface area contributed by atoms with Gasteiger partial charge >= 0.3 is 0 Å². The predicted octanol–water partition coefficient (Wildman–Crippen LogP) is 1.20. The Kier molecular flexibility index (Phi) is 6.10. The van der Waals surface area contributed by atoms with E-state index in [4.69, 9.17) is 0 Å². The zero-order valence-electron chi connectivity index (χ0n) is 9.79. The second kappa shape index (κ2) is 7.12. The van der Waals surface area contributed by atoms with Crippen molar-refractivity contribution in [2.24, 2.45) is 5.92 Å². The summed E-state index contributed by atoms with van der Waals surface area (Å²) in [5.41, 5.74) is 0. The van der Waals surface area contributed by atoms with E-state index in [0.717, 1.165) is 38.4 Å². The number of rotatable bonds is 4. The maximum absolute atomic E-state index is 12.0. The molecule has 0 saturated carbocycles. The molecule has 0 aromatic carbocycles. The molecule has 4 heteroatoms. The number of nitrogens with zero attached hydrogens (tertiary/aromatic N) is 1. The molecule has 1 aliphatic heterocycles. The van der Waals surface area contributed by atoms with Gasteiger partial charge in [0.15, 0.2) is 0 Å². The van der Waals surface area contributed by atoms with Crippen molar-refractivity contribution >= 4 is 17.7 Å². The Labute approximate surface area is 97.0 Å². The Bertz CT molecular complexity index is 191. The third-order valence-electron chi connectivity index (χ3n) is 2.66. The topological polar surface area (TPSA) is 32.3 Å². The molecule has 1 N–H and O–H groups in total. The second-order valence-electron chi connectivity index (χ2n) is 4.00. The molecule has 3 nitrogen and oxygen atoms in total. The first kappa shape index (κ1) is 12.8. The van der Waals surface area contributed by atoms with Crippen LogP contribution in [0.2, 0.25) is 0 Å². The maximum atomic E-state index is 12.0. The molecular formula is C11H22N2OS. The molecular weight excluding hydrogens is 208 g/mol. The smallest absolute Gasteiger partial charge is 0.226 e. The zero-order valence-corrected chi connectivity index (χ0v) is 10.6. The number of hydrogen-bond donors (Lipinski definition) is 1. The van der Waals surface area contributed by atoms with Crippen LogP contribution in [0, 0.1) is 5.92 Å². The lowest BCUT2D eigenvalue weighted by molar-refractivity contribution is -0.134. The Hall–Kier alpha value is -0.220. The fraction of sp³-hybridized carbons (Fsp3) is 0.909. The van der Waals surface area contributed by atoms with Crippen LogP contribution in [0.15, 0.2) is 0 Å². The van der Waals surface area contributed by atoms with Gasteiger partial charge in [-0.3, -0.25) is 4.79 Å². The third kappa shape index (κ3) is 4.43. The summed E-state index contributed by atoms with van der Waals surface area (Å²) in [6, 6.07) is 0. The van der Waals surface area contributed by atoms with Gasteiger partial charge in [-0.1, -0.05) is 13.8 Å². The summed E-state index contributed by atoms with van der Waals surface area (Å²) in [7, 11) is 0. The summed E-state index contributed by atoms with van der Waals surface area (Å²) >= 11 is 1.96. The SMILES string of the molecule is CCNCC(C)C(=O)N1CCCSCC1. The van der Waals surface area contributed by atoms with E-state index in [9.17, 15) is 4.79 Å². The summed E-state index contributed by atoms with van der Waals surface area (Å²) in [6.45, 7) is 7.71. The number of thioether (sulfide) groups is 1. The van der Waals surface area contributed by atoms with E-state index in [1.54, 1.807) is 0 Å². The van der Waals surface area contributed by atoms with Gasteiger partial charge in [0, 0.05) is 31.3 Å². The highest BCUT2D eigenvalue weighted by atomic mass is 32.2. The molecule has 0 spiro atoms. The van der Waals surface area contributed by atoms with Crippen LogP contribution in [-0.4, -0.2) is 48.5 Å². The molecule has 1 amide bonds. The molecule has 0 aromatic rings. The first-order valence-corrected chi connectivity index (χ1v) is 6.98. The monoisotopic (exact) mass is 230 g/mol. The zero-order chi connectivity index (χ0) is 11.1. The van der Waals surface area contributed by atoms with E-state index in [1.807, 2.05) is 23.6 Å². The lowest BCUT2D eigenvalue weighted by Crippen LogP contribution is -2.40. The normalized spacial score (nSPS) is 19.7. The molecule has 0 bridgehead atoms. The van der Waals surface area contributed by atoms with Crippen molar-refractivity contribution in [3.8, 4) is 0 Å². The number of carbonyl (C=O) groups excluding carboxylic acids is 1. The van der Waals surface area contributed by atoms with Crippen LogP contribution in [0.4, 0.5) is 0 Å². The highest BCUT2D eigenvalue weighted by Crippen LogP contribution is 2.12. The van der Waals surface area contributed by atoms with Gasteiger partial charge < -0.3 is 10.2 Å². The minimum Gasteiger partial charge on any atom is -0.342 e. The number of hydrogen-bond acceptors (Lipinski definition) is 3. The van der Waals surface area contributed by atoms with Gasteiger partial charge in [0.25, 0.3) is 0 Å². The molecule has 1 rings (SSSR count). The lowest BCUT2D eigenvalue weighted by Gasteiger charge is -2.23. The molecule has 1 heterocycles. The van der Waals surface area contributed by atoms with E-state index < -0.39 is 0 Å². The molecule has 15 heavy (non-hydrogen) atoms. The number of nitrogens with one attached hydrogen (secondary N) is 1. The average Bonchev–Trinajstić information content (AvgIpc) is 2.53. The van der Waals surface area contributed by atoms with Crippen molar-refractivity contribution in [3.63, 3.8) is 0 Å². The van der Waals surface area contributed by atoms with Crippen LogP contribution < -0.4 is 5.32 Å². The highest BCUT2D eigenvalue weighted by molar-refractivity contribution is 7.99. The van der Waals surface area contributed by atoms with Gasteiger partial charge in [0.05, 0.1) is 0 Å². The van der Waals surface area contributed by atoms with Crippen molar-refractivity contribution in [1.82, 2.24) is 10.2 Å². The van der Waals surface area contributed by atoms with Gasteiger partial charge in [-0.25, -0.2) is 0 Å². The summed E-state index contributed by atoms with van der Waals surface area (Å²) in [6.07, 6.45) is 1.14. The van der Waals surface area contributed by atoms with Gasteiger partial charge in [-0.05, 0) is 18.7 Å². The average molecular weight is 230 g/mol. The minimum absolute atomic E-state index is 0.119. The Morgan fingerprint density at radius 1 is 1.47 bits per heavy atom. The van der Waals surface area contributed by atoms with Crippen LogP contribution in [0.1, 0.15) is 20.3 Å². The van der Waals surface area contributed by atoms with Gasteiger partial charge in [0.2, 0.25) is 5.91 Å². The van der Waals surface area contributed by atoms with Crippen molar-refractivity contribution < 1.29 is 4.79 Å². The van der Waals surface area contributed by atoms with Crippen molar-refractivity contribution in [1.29, 1.82) is 0 Å². The fourth-order valence-electron chi connectivity index (χ4n) is 1.73. The van der Waals surface area contributed by atoms with E-state index in [-0.39, 0.29) is 5.92 Å². The molecule has 1 unspecified atom stereocenters. The van der Waals surface area contributed by atoms with Gasteiger partial charge in [0.1, 0.15) is 0 Å². The van der Waals surface area contributed by atoms with E-state index in [1.165, 1.54) is 5.75 Å². The van der Waals surface area contributed by atoms with Crippen molar-refractivity contribution in [2.75, 3.05) is 37.7 Å². The van der Waals surface area contributed by atoms with Crippen molar-refractivity contribution in [2.45, 2.75) is 20.3 Å². The molecule has 0 aromatic heterocycles. The Balaban J connectivity index is 2.35. The Morgan fingerprint density at radius 2 is 2.27 bits per heavy atom. The van der Waals surface area contributed by atoms with Crippen LogP contribution in [0.25, 0.3) is 0 Å². The number of carbonyl (C=O) groups is 1. The molecule has 88 valence electrons. The summed E-state index contributed by atoms with van der Waals surface area (Å²) in [5, 5.41) is 3.23. The molecule has 1 atom stereocenters. The molecule has 0 radical (unpaired) electrons. The van der Waals surface area contributed by atoms with Crippen LogP contribution >= 0.6 is 11.8 Å². The van der Waals surface area contributed by atoms with E-state index in [0.29, 0.717) is 5.91 Å². The van der Waals surface area contributed by atoms with Crippen LogP contribution in [-0.2, 0) is 4.79 Å². The Morgan fingerprint density at radius 3 is 3.00 bits per heavy atom. The standard InChI is InChI=1S/C11H22N2OS/c1-3-12-9-10(2)11(14)13-5-4-7-15-8-6-13/h10,12H,3-9H2,1-2H3. The first-order chi connectivity index (χ1) is 7.25. The van der Waals surface area contributed by atoms with E-state index in [2.05, 4.69) is 12.2 Å². The minimum atomic E-state index is 0.119. The lowest BCUT2D eigenvalue weighted by atomic mass is 10.1. The molecule has 1 aliphatic rings. The van der Waals surface area contributed by atoms with E-state index >= 15 is 0 Å². The van der Waals surface area contributed by atoms with Crippen molar-refractivity contribution in [3.05, 3.63) is 0 Å². The molecule has 1 saturated heterocycles. The van der Waals surface area contributed by atoms with Gasteiger partial charge in [-0.15, -0.1) is 0 Å². The maximum Gasteiger partial charge on any atom is 0.226 e.